The summed E-state index contributed by atoms with van der Waals surface area (Å²) < 4.78 is 1.53. The molecule has 0 bridgehead atoms. The minimum atomic E-state index is 0.383. The molecule has 0 aliphatic carbocycles. The highest BCUT2D eigenvalue weighted by atomic mass is 15.4. The molecule has 0 aliphatic heterocycles. The SMILES string of the molecule is CCN(CC)c1ccc(Nc2nc(Nc3ccccc3)n3ncc(C#N)c3n2)cc1. The number of hydrogen-bond donors (Lipinski definition) is 2. The van der Waals surface area contributed by atoms with Crippen molar-refractivity contribution in [3.8, 4) is 6.07 Å². The van der Waals surface area contributed by atoms with E-state index in [1.54, 1.807) is 0 Å². The molecule has 2 aromatic heterocycles. The fraction of sp³-hybridized carbons (Fsp3) is 0.182. The maximum atomic E-state index is 9.41. The van der Waals surface area contributed by atoms with Crippen molar-refractivity contribution in [3.05, 3.63) is 66.4 Å². The summed E-state index contributed by atoms with van der Waals surface area (Å²) in [5, 5.41) is 20.1. The number of fused-ring (bicyclic) bond motifs is 1. The summed E-state index contributed by atoms with van der Waals surface area (Å²) in [6.45, 7) is 6.18. The van der Waals surface area contributed by atoms with E-state index in [1.807, 2.05) is 42.5 Å². The molecule has 2 N–H and O–H groups in total. The average molecular weight is 398 g/mol. The molecule has 4 rings (SSSR count). The number of nitrogens with one attached hydrogen (secondary N) is 2. The zero-order valence-electron chi connectivity index (χ0n) is 16.9. The molecule has 0 amide bonds. The summed E-state index contributed by atoms with van der Waals surface area (Å²) in [5.41, 5.74) is 3.71. The van der Waals surface area contributed by atoms with Gasteiger partial charge in [0.1, 0.15) is 11.6 Å². The van der Waals surface area contributed by atoms with Crippen LogP contribution in [0.4, 0.5) is 29.0 Å². The van der Waals surface area contributed by atoms with Gasteiger partial charge in [-0.3, -0.25) is 0 Å². The summed E-state index contributed by atoms with van der Waals surface area (Å²) in [6.07, 6.45) is 1.49. The molecule has 8 nitrogen and oxygen atoms in total. The van der Waals surface area contributed by atoms with E-state index in [0.717, 1.165) is 30.2 Å². The van der Waals surface area contributed by atoms with Gasteiger partial charge in [-0.15, -0.1) is 0 Å². The molecule has 0 fully saturated rings. The molecule has 4 aromatic rings. The van der Waals surface area contributed by atoms with E-state index in [2.05, 4.69) is 62.6 Å². The Morgan fingerprint density at radius 3 is 2.30 bits per heavy atom. The van der Waals surface area contributed by atoms with Gasteiger partial charge < -0.3 is 15.5 Å². The maximum Gasteiger partial charge on any atom is 0.233 e. The number of hydrogen-bond acceptors (Lipinski definition) is 7. The summed E-state index contributed by atoms with van der Waals surface area (Å²) >= 11 is 0. The third-order valence-corrected chi connectivity index (χ3v) is 4.77. The Hall–Kier alpha value is -4.12. The quantitative estimate of drug-likeness (QED) is 0.478. The van der Waals surface area contributed by atoms with E-state index < -0.39 is 0 Å². The third kappa shape index (κ3) is 3.86. The number of anilines is 5. The van der Waals surface area contributed by atoms with Crippen LogP contribution in [0.15, 0.2) is 60.8 Å². The van der Waals surface area contributed by atoms with Crippen LogP contribution in [0.1, 0.15) is 19.4 Å². The molecule has 0 unspecified atom stereocenters. The van der Waals surface area contributed by atoms with Crippen molar-refractivity contribution < 1.29 is 0 Å². The number of para-hydroxylation sites is 1. The van der Waals surface area contributed by atoms with Crippen LogP contribution in [0, 0.1) is 11.3 Å². The second-order valence-electron chi connectivity index (χ2n) is 6.61. The Balaban J connectivity index is 1.68. The molecular formula is C22H22N8. The number of nitrogens with zero attached hydrogens (tertiary/aromatic N) is 6. The first-order chi connectivity index (χ1) is 14.7. The lowest BCUT2D eigenvalue weighted by Gasteiger charge is -2.21. The van der Waals surface area contributed by atoms with Crippen LogP contribution in [0.5, 0.6) is 0 Å². The molecule has 2 heterocycles. The molecule has 0 spiro atoms. The first-order valence-electron chi connectivity index (χ1n) is 9.81. The van der Waals surface area contributed by atoms with Crippen LogP contribution in [-0.2, 0) is 0 Å². The van der Waals surface area contributed by atoms with Gasteiger partial charge in [0.15, 0.2) is 5.65 Å². The second kappa shape index (κ2) is 8.49. The van der Waals surface area contributed by atoms with E-state index in [4.69, 9.17) is 0 Å². The number of aromatic nitrogens is 4. The molecule has 0 aliphatic rings. The van der Waals surface area contributed by atoms with Gasteiger partial charge in [-0.25, -0.2) is 0 Å². The monoisotopic (exact) mass is 398 g/mol. The Labute approximate surface area is 174 Å². The fourth-order valence-electron chi connectivity index (χ4n) is 3.22. The second-order valence-corrected chi connectivity index (χ2v) is 6.61. The average Bonchev–Trinajstić information content (AvgIpc) is 3.20. The Morgan fingerprint density at radius 1 is 0.933 bits per heavy atom. The van der Waals surface area contributed by atoms with E-state index in [-0.39, 0.29) is 0 Å². The molecule has 0 saturated heterocycles. The lowest BCUT2D eigenvalue weighted by atomic mass is 10.2. The van der Waals surface area contributed by atoms with Gasteiger partial charge in [0.05, 0.1) is 6.20 Å². The minimum Gasteiger partial charge on any atom is -0.372 e. The fourth-order valence-corrected chi connectivity index (χ4v) is 3.22. The molecule has 8 heteroatoms. The molecule has 0 radical (unpaired) electrons. The standard InChI is InChI=1S/C22H22N8/c1-3-29(4-2)19-12-10-18(11-13-19)25-21-27-20-16(14-23)15-24-30(20)22(28-21)26-17-8-6-5-7-9-17/h5-13,15H,3-4H2,1-2H3,(H2,25,26,27,28). The predicted octanol–water partition coefficient (Wildman–Crippen LogP) is 4.33. The largest absolute Gasteiger partial charge is 0.372 e. The van der Waals surface area contributed by atoms with Crippen molar-refractivity contribution in [3.63, 3.8) is 0 Å². The van der Waals surface area contributed by atoms with Crippen molar-refractivity contribution >= 4 is 34.6 Å². The van der Waals surface area contributed by atoms with Crippen molar-refractivity contribution in [2.75, 3.05) is 28.6 Å². The van der Waals surface area contributed by atoms with Crippen molar-refractivity contribution in [2.24, 2.45) is 0 Å². The number of benzene rings is 2. The number of nitriles is 1. The van der Waals surface area contributed by atoms with Crippen LogP contribution >= 0.6 is 0 Å². The zero-order valence-corrected chi connectivity index (χ0v) is 16.9. The summed E-state index contributed by atoms with van der Waals surface area (Å²) in [5.74, 6) is 0.850. The van der Waals surface area contributed by atoms with E-state index in [9.17, 15) is 5.26 Å². The molecule has 150 valence electrons. The van der Waals surface area contributed by atoms with Gasteiger partial charge in [0, 0.05) is 30.2 Å². The lowest BCUT2D eigenvalue weighted by molar-refractivity contribution is 0.866. The molecule has 0 saturated carbocycles. The van der Waals surface area contributed by atoms with E-state index in [1.165, 1.54) is 10.7 Å². The molecule has 30 heavy (non-hydrogen) atoms. The molecule has 2 aromatic carbocycles. The lowest BCUT2D eigenvalue weighted by Crippen LogP contribution is -2.21. The summed E-state index contributed by atoms with van der Waals surface area (Å²) in [6, 6.07) is 19.9. The Kier molecular flexibility index (Phi) is 5.44. The van der Waals surface area contributed by atoms with Gasteiger partial charge in [-0.2, -0.15) is 24.8 Å². The first-order valence-corrected chi connectivity index (χ1v) is 9.81. The van der Waals surface area contributed by atoms with Crippen LogP contribution in [-0.4, -0.2) is 32.7 Å². The topological polar surface area (TPSA) is 94.2 Å². The van der Waals surface area contributed by atoms with E-state index >= 15 is 0 Å². The zero-order chi connectivity index (χ0) is 20.9. The predicted molar refractivity (Wildman–Crippen MR) is 119 cm³/mol. The molecular weight excluding hydrogens is 376 g/mol. The van der Waals surface area contributed by atoms with Crippen LogP contribution in [0.25, 0.3) is 5.65 Å². The highest BCUT2D eigenvalue weighted by Gasteiger charge is 2.13. The highest BCUT2D eigenvalue weighted by Crippen LogP contribution is 2.23. The Bertz CT molecular complexity index is 1170. The summed E-state index contributed by atoms with van der Waals surface area (Å²) in [4.78, 5) is 11.4. The smallest absolute Gasteiger partial charge is 0.233 e. The van der Waals surface area contributed by atoms with Gasteiger partial charge >= 0.3 is 0 Å². The van der Waals surface area contributed by atoms with Gasteiger partial charge in [0.25, 0.3) is 0 Å². The van der Waals surface area contributed by atoms with Gasteiger partial charge in [-0.05, 0) is 50.2 Å². The van der Waals surface area contributed by atoms with Crippen LogP contribution in [0.2, 0.25) is 0 Å². The highest BCUT2D eigenvalue weighted by molar-refractivity contribution is 5.66. The summed E-state index contributed by atoms with van der Waals surface area (Å²) in [7, 11) is 0. The van der Waals surface area contributed by atoms with Crippen LogP contribution in [0.3, 0.4) is 0 Å². The van der Waals surface area contributed by atoms with Crippen LogP contribution < -0.4 is 15.5 Å². The van der Waals surface area contributed by atoms with Gasteiger partial charge in [-0.1, -0.05) is 18.2 Å². The first kappa shape index (κ1) is 19.2. The Morgan fingerprint density at radius 2 is 1.63 bits per heavy atom. The molecule has 0 atom stereocenters. The van der Waals surface area contributed by atoms with Crippen molar-refractivity contribution in [2.45, 2.75) is 13.8 Å². The van der Waals surface area contributed by atoms with Crippen molar-refractivity contribution in [1.82, 2.24) is 19.6 Å². The van der Waals surface area contributed by atoms with Gasteiger partial charge in [0.2, 0.25) is 11.9 Å². The third-order valence-electron chi connectivity index (χ3n) is 4.77. The van der Waals surface area contributed by atoms with Crippen molar-refractivity contribution in [1.29, 1.82) is 5.26 Å². The van der Waals surface area contributed by atoms with E-state index in [0.29, 0.717) is 23.1 Å². The minimum absolute atomic E-state index is 0.383. The normalized spacial score (nSPS) is 10.6. The maximum absolute atomic E-state index is 9.41. The number of rotatable bonds is 7.